The molecule has 8 heteroatoms. The normalized spacial score (nSPS) is 16.0. The zero-order valence-electron chi connectivity index (χ0n) is 14.0. The average Bonchev–Trinajstić information content (AvgIpc) is 2.85. The van der Waals surface area contributed by atoms with Crippen molar-refractivity contribution < 1.29 is 9.53 Å². The standard InChI is InChI=1S/C15H22N6O2/c1-15(2,3)23-14(22)21-7-5-20(6-8-21)13-11-9-19(4)18-12(11)16-10-17-13/h9-10H,5-8H2,1-4H3. The molecule has 3 heterocycles. The molecule has 3 rings (SSSR count). The molecule has 1 amide bonds. The van der Waals surface area contributed by atoms with Crippen LogP contribution in [0.4, 0.5) is 10.6 Å². The van der Waals surface area contributed by atoms with Crippen molar-refractivity contribution in [2.75, 3.05) is 31.1 Å². The lowest BCUT2D eigenvalue weighted by atomic mass is 10.2. The monoisotopic (exact) mass is 318 g/mol. The van der Waals surface area contributed by atoms with Crippen molar-refractivity contribution in [2.45, 2.75) is 26.4 Å². The number of carbonyl (C=O) groups excluding carboxylic acids is 1. The smallest absolute Gasteiger partial charge is 0.410 e. The predicted octanol–water partition coefficient (Wildman–Crippen LogP) is 1.42. The third-order valence-corrected chi connectivity index (χ3v) is 3.64. The third-order valence-electron chi connectivity index (χ3n) is 3.64. The third kappa shape index (κ3) is 3.35. The summed E-state index contributed by atoms with van der Waals surface area (Å²) in [4.78, 5) is 24.6. The number of anilines is 1. The Morgan fingerprint density at radius 1 is 1.17 bits per heavy atom. The summed E-state index contributed by atoms with van der Waals surface area (Å²) < 4.78 is 7.16. The molecule has 23 heavy (non-hydrogen) atoms. The Morgan fingerprint density at radius 2 is 1.87 bits per heavy atom. The maximum Gasteiger partial charge on any atom is 0.410 e. The fourth-order valence-corrected chi connectivity index (χ4v) is 2.62. The summed E-state index contributed by atoms with van der Waals surface area (Å²) in [6.45, 7) is 8.27. The van der Waals surface area contributed by atoms with Gasteiger partial charge in [-0.2, -0.15) is 5.10 Å². The minimum atomic E-state index is -0.469. The van der Waals surface area contributed by atoms with E-state index < -0.39 is 5.60 Å². The molecule has 8 nitrogen and oxygen atoms in total. The summed E-state index contributed by atoms with van der Waals surface area (Å²) in [6, 6.07) is 0. The van der Waals surface area contributed by atoms with Crippen molar-refractivity contribution >= 4 is 22.9 Å². The van der Waals surface area contributed by atoms with E-state index in [9.17, 15) is 4.79 Å². The van der Waals surface area contributed by atoms with E-state index >= 15 is 0 Å². The Kier molecular flexibility index (Phi) is 3.83. The maximum atomic E-state index is 12.1. The van der Waals surface area contributed by atoms with E-state index in [4.69, 9.17) is 4.74 Å². The van der Waals surface area contributed by atoms with E-state index in [0.29, 0.717) is 31.8 Å². The largest absolute Gasteiger partial charge is 0.444 e. The van der Waals surface area contributed by atoms with Crippen LogP contribution in [-0.2, 0) is 11.8 Å². The predicted molar refractivity (Wildman–Crippen MR) is 86.3 cm³/mol. The van der Waals surface area contributed by atoms with Crippen LogP contribution in [0.5, 0.6) is 0 Å². The number of hydrogen-bond donors (Lipinski definition) is 0. The van der Waals surface area contributed by atoms with E-state index in [2.05, 4.69) is 20.0 Å². The zero-order valence-corrected chi connectivity index (χ0v) is 14.0. The van der Waals surface area contributed by atoms with Crippen LogP contribution in [0.15, 0.2) is 12.5 Å². The van der Waals surface area contributed by atoms with Crippen molar-refractivity contribution in [1.29, 1.82) is 0 Å². The van der Waals surface area contributed by atoms with Gasteiger partial charge in [0.25, 0.3) is 0 Å². The molecule has 1 aliphatic heterocycles. The first-order chi connectivity index (χ1) is 10.8. The average molecular weight is 318 g/mol. The number of piperazine rings is 1. The first kappa shape index (κ1) is 15.5. The number of carbonyl (C=O) groups is 1. The molecule has 0 aromatic carbocycles. The summed E-state index contributed by atoms with van der Waals surface area (Å²) in [6.07, 6.45) is 3.20. The Hall–Kier alpha value is -2.38. The van der Waals surface area contributed by atoms with Gasteiger partial charge in [0.15, 0.2) is 5.65 Å². The number of fused-ring (bicyclic) bond motifs is 1. The van der Waals surface area contributed by atoms with Gasteiger partial charge in [-0.15, -0.1) is 0 Å². The van der Waals surface area contributed by atoms with E-state index in [1.807, 2.05) is 34.0 Å². The van der Waals surface area contributed by atoms with Crippen LogP contribution in [-0.4, -0.2) is 62.5 Å². The molecule has 0 aliphatic carbocycles. The first-order valence-electron chi connectivity index (χ1n) is 7.71. The molecule has 1 saturated heterocycles. The van der Waals surface area contributed by atoms with Crippen LogP contribution in [0.25, 0.3) is 11.0 Å². The minimum Gasteiger partial charge on any atom is -0.444 e. The van der Waals surface area contributed by atoms with Crippen molar-refractivity contribution in [2.24, 2.45) is 7.05 Å². The van der Waals surface area contributed by atoms with Crippen LogP contribution in [0.1, 0.15) is 20.8 Å². The van der Waals surface area contributed by atoms with Crippen molar-refractivity contribution in [3.63, 3.8) is 0 Å². The summed E-state index contributed by atoms with van der Waals surface area (Å²) in [5.74, 6) is 0.868. The van der Waals surface area contributed by atoms with Crippen LogP contribution in [0.3, 0.4) is 0 Å². The first-order valence-corrected chi connectivity index (χ1v) is 7.71. The van der Waals surface area contributed by atoms with Crippen LogP contribution in [0, 0.1) is 0 Å². The number of aryl methyl sites for hydroxylation is 1. The molecular weight excluding hydrogens is 296 g/mol. The lowest BCUT2D eigenvalue weighted by Crippen LogP contribution is -2.50. The van der Waals surface area contributed by atoms with Gasteiger partial charge in [-0.05, 0) is 20.8 Å². The number of amides is 1. The molecule has 0 saturated carbocycles. The lowest BCUT2D eigenvalue weighted by molar-refractivity contribution is 0.0240. The van der Waals surface area contributed by atoms with Gasteiger partial charge in [-0.25, -0.2) is 14.8 Å². The van der Waals surface area contributed by atoms with E-state index in [-0.39, 0.29) is 6.09 Å². The molecule has 2 aromatic heterocycles. The van der Waals surface area contributed by atoms with Gasteiger partial charge >= 0.3 is 6.09 Å². The summed E-state index contributed by atoms with van der Waals surface area (Å²) in [5.41, 5.74) is 0.218. The Balaban J connectivity index is 1.70. The second kappa shape index (κ2) is 5.68. The molecule has 0 N–H and O–H groups in total. The van der Waals surface area contributed by atoms with Gasteiger partial charge in [0.2, 0.25) is 0 Å². The molecule has 1 fully saturated rings. The van der Waals surface area contributed by atoms with Gasteiger partial charge in [0.1, 0.15) is 17.7 Å². The minimum absolute atomic E-state index is 0.258. The molecule has 0 atom stereocenters. The zero-order chi connectivity index (χ0) is 16.6. The van der Waals surface area contributed by atoms with Gasteiger partial charge in [-0.1, -0.05) is 0 Å². The SMILES string of the molecule is Cn1cc2c(N3CCN(C(=O)OC(C)(C)C)CC3)ncnc2n1. The molecule has 1 aliphatic rings. The Labute approximate surface area is 135 Å². The second-order valence-electron chi connectivity index (χ2n) is 6.69. The molecular formula is C15H22N6O2. The Morgan fingerprint density at radius 3 is 2.52 bits per heavy atom. The van der Waals surface area contributed by atoms with Gasteiger partial charge in [0, 0.05) is 39.4 Å². The highest BCUT2D eigenvalue weighted by Crippen LogP contribution is 2.23. The highest BCUT2D eigenvalue weighted by atomic mass is 16.6. The highest BCUT2D eigenvalue weighted by Gasteiger charge is 2.27. The van der Waals surface area contributed by atoms with Gasteiger partial charge in [-0.3, -0.25) is 4.68 Å². The topological polar surface area (TPSA) is 76.4 Å². The molecule has 0 unspecified atom stereocenters. The van der Waals surface area contributed by atoms with Crippen LogP contribution < -0.4 is 4.90 Å². The number of nitrogens with zero attached hydrogens (tertiary/aromatic N) is 6. The Bertz CT molecular complexity index is 712. The number of rotatable bonds is 1. The lowest BCUT2D eigenvalue weighted by Gasteiger charge is -2.36. The van der Waals surface area contributed by atoms with Crippen molar-refractivity contribution in [3.05, 3.63) is 12.5 Å². The van der Waals surface area contributed by atoms with Gasteiger partial charge in [0.05, 0.1) is 5.39 Å². The quantitative estimate of drug-likeness (QED) is 0.791. The number of aromatic nitrogens is 4. The molecule has 0 spiro atoms. The molecule has 0 radical (unpaired) electrons. The fourth-order valence-electron chi connectivity index (χ4n) is 2.62. The highest BCUT2D eigenvalue weighted by molar-refractivity contribution is 5.86. The number of hydrogen-bond acceptors (Lipinski definition) is 6. The summed E-state index contributed by atoms with van der Waals surface area (Å²) >= 11 is 0. The summed E-state index contributed by atoms with van der Waals surface area (Å²) in [5, 5.41) is 5.24. The maximum absolute atomic E-state index is 12.1. The van der Waals surface area contributed by atoms with Crippen molar-refractivity contribution in [1.82, 2.24) is 24.6 Å². The van der Waals surface area contributed by atoms with Crippen LogP contribution >= 0.6 is 0 Å². The van der Waals surface area contributed by atoms with Gasteiger partial charge < -0.3 is 14.5 Å². The molecule has 2 aromatic rings. The summed E-state index contributed by atoms with van der Waals surface area (Å²) in [7, 11) is 1.87. The number of ether oxygens (including phenoxy) is 1. The second-order valence-corrected chi connectivity index (χ2v) is 6.69. The van der Waals surface area contributed by atoms with E-state index in [1.54, 1.807) is 9.58 Å². The van der Waals surface area contributed by atoms with E-state index in [1.165, 1.54) is 6.33 Å². The van der Waals surface area contributed by atoms with Crippen molar-refractivity contribution in [3.8, 4) is 0 Å². The molecule has 0 bridgehead atoms. The van der Waals surface area contributed by atoms with Crippen LogP contribution in [0.2, 0.25) is 0 Å². The fraction of sp³-hybridized carbons (Fsp3) is 0.600. The van der Waals surface area contributed by atoms with E-state index in [0.717, 1.165) is 11.2 Å². The molecule has 124 valence electrons.